The van der Waals surface area contributed by atoms with Gasteiger partial charge in [0.05, 0.1) is 4.90 Å². The second kappa shape index (κ2) is 4.45. The molecular weight excluding hydrogens is 206 g/mol. The SMILES string of the molecule is C[C@H](Cc1ccc2c(c1)SCO2)N(C)C. The molecule has 1 atom stereocenters. The van der Waals surface area contributed by atoms with Crippen LogP contribution < -0.4 is 4.74 Å². The van der Waals surface area contributed by atoms with Crippen LogP contribution in [0.25, 0.3) is 0 Å². The van der Waals surface area contributed by atoms with E-state index in [1.54, 1.807) is 11.8 Å². The Morgan fingerprint density at radius 2 is 2.27 bits per heavy atom. The maximum absolute atomic E-state index is 5.46. The molecule has 0 saturated carbocycles. The fourth-order valence-electron chi connectivity index (χ4n) is 1.59. The number of hydrogen-bond donors (Lipinski definition) is 0. The first kappa shape index (κ1) is 10.8. The molecule has 2 nitrogen and oxygen atoms in total. The van der Waals surface area contributed by atoms with Crippen LogP contribution in [0.3, 0.4) is 0 Å². The average molecular weight is 223 g/mol. The Kier molecular flexibility index (Phi) is 3.22. The molecule has 1 aromatic rings. The standard InChI is InChI=1S/C12H17NOS/c1-9(13(2)3)6-10-4-5-11-12(7-10)15-8-14-11/h4-5,7,9H,6,8H2,1-3H3/t9-/m1/s1. The van der Waals surface area contributed by atoms with Gasteiger partial charge in [-0.2, -0.15) is 0 Å². The van der Waals surface area contributed by atoms with Crippen LogP contribution in [0.15, 0.2) is 23.1 Å². The van der Waals surface area contributed by atoms with Gasteiger partial charge in [-0.25, -0.2) is 0 Å². The lowest BCUT2D eigenvalue weighted by atomic mass is 10.1. The zero-order valence-electron chi connectivity index (χ0n) is 9.49. The number of hydrogen-bond acceptors (Lipinski definition) is 3. The molecule has 0 radical (unpaired) electrons. The summed E-state index contributed by atoms with van der Waals surface area (Å²) in [6.45, 7) is 2.25. The highest BCUT2D eigenvalue weighted by Gasteiger charge is 2.14. The third kappa shape index (κ3) is 2.47. The summed E-state index contributed by atoms with van der Waals surface area (Å²) in [5.74, 6) is 1.81. The van der Waals surface area contributed by atoms with E-state index in [0.29, 0.717) is 6.04 Å². The second-order valence-corrected chi connectivity index (χ2v) is 5.17. The Morgan fingerprint density at radius 3 is 3.00 bits per heavy atom. The van der Waals surface area contributed by atoms with Gasteiger partial charge < -0.3 is 9.64 Å². The number of rotatable bonds is 3. The van der Waals surface area contributed by atoms with Gasteiger partial charge in [0.15, 0.2) is 0 Å². The first-order valence-electron chi connectivity index (χ1n) is 5.22. The minimum absolute atomic E-state index is 0.579. The van der Waals surface area contributed by atoms with Crippen molar-refractivity contribution in [3.05, 3.63) is 23.8 Å². The van der Waals surface area contributed by atoms with Gasteiger partial charge in [0.1, 0.15) is 11.7 Å². The molecule has 0 aromatic heterocycles. The Bertz CT molecular complexity index is 351. The van der Waals surface area contributed by atoms with Crippen molar-refractivity contribution in [3.8, 4) is 5.75 Å². The minimum Gasteiger partial charge on any atom is -0.481 e. The van der Waals surface area contributed by atoms with Crippen molar-refractivity contribution in [2.24, 2.45) is 0 Å². The summed E-state index contributed by atoms with van der Waals surface area (Å²) >= 11 is 1.78. The number of fused-ring (bicyclic) bond motifs is 1. The predicted octanol–water partition coefficient (Wildman–Crippen LogP) is 2.62. The molecule has 1 aliphatic heterocycles. The number of nitrogens with zero attached hydrogens (tertiary/aromatic N) is 1. The molecule has 0 unspecified atom stereocenters. The van der Waals surface area contributed by atoms with E-state index in [4.69, 9.17) is 4.74 Å². The minimum atomic E-state index is 0.579. The normalized spacial score (nSPS) is 16.3. The Hall–Kier alpha value is -0.670. The van der Waals surface area contributed by atoms with E-state index in [2.05, 4.69) is 44.1 Å². The number of ether oxygens (including phenoxy) is 1. The van der Waals surface area contributed by atoms with E-state index in [1.807, 2.05) is 0 Å². The fourth-order valence-corrected chi connectivity index (χ4v) is 2.41. The molecule has 3 heteroatoms. The summed E-state index contributed by atoms with van der Waals surface area (Å²) in [7, 11) is 4.24. The highest BCUT2D eigenvalue weighted by Crippen LogP contribution is 2.36. The maximum Gasteiger partial charge on any atom is 0.138 e. The van der Waals surface area contributed by atoms with E-state index in [9.17, 15) is 0 Å². The van der Waals surface area contributed by atoms with Crippen molar-refractivity contribution >= 4 is 11.8 Å². The van der Waals surface area contributed by atoms with Gasteiger partial charge in [-0.3, -0.25) is 0 Å². The summed E-state index contributed by atoms with van der Waals surface area (Å²) < 4.78 is 5.46. The highest BCUT2D eigenvalue weighted by molar-refractivity contribution is 7.99. The summed E-state index contributed by atoms with van der Waals surface area (Å²) in [4.78, 5) is 3.54. The smallest absolute Gasteiger partial charge is 0.138 e. The van der Waals surface area contributed by atoms with Crippen molar-refractivity contribution in [3.63, 3.8) is 0 Å². The molecule has 0 spiro atoms. The van der Waals surface area contributed by atoms with Gasteiger partial charge in [0.25, 0.3) is 0 Å². The van der Waals surface area contributed by atoms with Crippen molar-refractivity contribution in [2.75, 3.05) is 20.0 Å². The maximum atomic E-state index is 5.46. The lowest BCUT2D eigenvalue weighted by molar-refractivity contribution is 0.312. The third-order valence-electron chi connectivity index (χ3n) is 2.85. The van der Waals surface area contributed by atoms with Gasteiger partial charge in [0, 0.05) is 6.04 Å². The van der Waals surface area contributed by atoms with Crippen molar-refractivity contribution < 1.29 is 4.74 Å². The lowest BCUT2D eigenvalue weighted by Crippen LogP contribution is -2.26. The van der Waals surface area contributed by atoms with Gasteiger partial charge in [-0.15, -0.1) is 0 Å². The van der Waals surface area contributed by atoms with E-state index in [-0.39, 0.29) is 0 Å². The summed E-state index contributed by atoms with van der Waals surface area (Å²) in [5.41, 5.74) is 1.40. The molecule has 0 fully saturated rings. The molecule has 1 heterocycles. The summed E-state index contributed by atoms with van der Waals surface area (Å²) in [6, 6.07) is 7.10. The molecule has 82 valence electrons. The molecule has 1 aliphatic rings. The van der Waals surface area contributed by atoms with Crippen molar-refractivity contribution in [2.45, 2.75) is 24.3 Å². The third-order valence-corrected chi connectivity index (χ3v) is 3.72. The van der Waals surface area contributed by atoms with Crippen LogP contribution in [-0.2, 0) is 6.42 Å². The van der Waals surface area contributed by atoms with Gasteiger partial charge in [-0.1, -0.05) is 17.8 Å². The molecule has 15 heavy (non-hydrogen) atoms. The Balaban J connectivity index is 2.10. The zero-order chi connectivity index (χ0) is 10.8. The average Bonchev–Trinajstić information content (AvgIpc) is 2.64. The predicted molar refractivity (Wildman–Crippen MR) is 64.6 cm³/mol. The molecule has 0 amide bonds. The fraction of sp³-hybridized carbons (Fsp3) is 0.500. The topological polar surface area (TPSA) is 12.5 Å². The van der Waals surface area contributed by atoms with Crippen LogP contribution in [0.5, 0.6) is 5.75 Å². The molecule has 0 aliphatic carbocycles. The van der Waals surface area contributed by atoms with E-state index < -0.39 is 0 Å². The number of likely N-dealkylation sites (N-methyl/N-ethyl adjacent to an activating group) is 1. The Labute approximate surface area is 95.6 Å². The first-order chi connectivity index (χ1) is 7.16. The molecule has 2 rings (SSSR count). The van der Waals surface area contributed by atoms with E-state index >= 15 is 0 Å². The molecule has 0 bridgehead atoms. The Morgan fingerprint density at radius 1 is 1.47 bits per heavy atom. The largest absolute Gasteiger partial charge is 0.481 e. The van der Waals surface area contributed by atoms with Crippen molar-refractivity contribution in [1.29, 1.82) is 0 Å². The van der Waals surface area contributed by atoms with Crippen LogP contribution in [0.1, 0.15) is 12.5 Å². The highest BCUT2D eigenvalue weighted by atomic mass is 32.2. The number of thioether (sulfide) groups is 1. The van der Waals surface area contributed by atoms with Gasteiger partial charge in [-0.05, 0) is 45.1 Å². The van der Waals surface area contributed by atoms with Crippen LogP contribution in [-0.4, -0.2) is 31.0 Å². The molecular formula is C12H17NOS. The van der Waals surface area contributed by atoms with Crippen LogP contribution >= 0.6 is 11.8 Å². The first-order valence-corrected chi connectivity index (χ1v) is 6.20. The van der Waals surface area contributed by atoms with Gasteiger partial charge in [0.2, 0.25) is 0 Å². The van der Waals surface area contributed by atoms with E-state index in [1.165, 1.54) is 10.5 Å². The van der Waals surface area contributed by atoms with E-state index in [0.717, 1.165) is 18.1 Å². The lowest BCUT2D eigenvalue weighted by Gasteiger charge is -2.19. The van der Waals surface area contributed by atoms with Crippen molar-refractivity contribution in [1.82, 2.24) is 4.90 Å². The van der Waals surface area contributed by atoms with Gasteiger partial charge >= 0.3 is 0 Å². The summed E-state index contributed by atoms with van der Waals surface area (Å²) in [6.07, 6.45) is 1.10. The van der Waals surface area contributed by atoms with Crippen LogP contribution in [0.4, 0.5) is 0 Å². The zero-order valence-corrected chi connectivity index (χ0v) is 10.3. The molecule has 0 N–H and O–H groups in total. The monoisotopic (exact) mass is 223 g/mol. The van der Waals surface area contributed by atoms with Crippen LogP contribution in [0.2, 0.25) is 0 Å². The second-order valence-electron chi connectivity index (χ2n) is 4.20. The summed E-state index contributed by atoms with van der Waals surface area (Å²) in [5, 5.41) is 0. The molecule has 0 saturated heterocycles. The quantitative estimate of drug-likeness (QED) is 0.781. The molecule has 1 aromatic carbocycles. The number of benzene rings is 1. The van der Waals surface area contributed by atoms with Crippen LogP contribution in [0, 0.1) is 0 Å².